The monoisotopic (exact) mass is 289 g/mol. The molecule has 2 rings (SSSR count). The summed E-state index contributed by atoms with van der Waals surface area (Å²) in [6.07, 6.45) is 1.58. The van der Waals surface area contributed by atoms with Gasteiger partial charge in [0.1, 0.15) is 11.5 Å². The molecule has 0 atom stereocenters. The molecule has 0 radical (unpaired) electrons. The summed E-state index contributed by atoms with van der Waals surface area (Å²) in [5.74, 6) is 1.27. The number of benzene rings is 1. The van der Waals surface area contributed by atoms with Gasteiger partial charge in [-0.1, -0.05) is 0 Å². The molecule has 1 N–H and O–H groups in total. The van der Waals surface area contributed by atoms with Crippen LogP contribution in [0.1, 0.15) is 28.6 Å². The van der Waals surface area contributed by atoms with Gasteiger partial charge < -0.3 is 19.2 Å². The van der Waals surface area contributed by atoms with Crippen molar-refractivity contribution in [3.05, 3.63) is 53.5 Å². The molecule has 1 aromatic carbocycles. The van der Waals surface area contributed by atoms with Crippen LogP contribution in [0.25, 0.3) is 0 Å². The molecule has 1 amide bonds. The van der Waals surface area contributed by atoms with Crippen molar-refractivity contribution in [3.8, 4) is 5.75 Å². The van der Waals surface area contributed by atoms with E-state index in [1.165, 1.54) is 0 Å². The normalized spacial score (nSPS) is 10.4. The van der Waals surface area contributed by atoms with E-state index in [0.29, 0.717) is 36.8 Å². The third kappa shape index (κ3) is 4.10. The molecule has 0 fully saturated rings. The first-order valence-corrected chi connectivity index (χ1v) is 6.79. The molecule has 0 unspecified atom stereocenters. The molecule has 0 saturated carbocycles. The second-order valence-corrected chi connectivity index (χ2v) is 4.43. The molecule has 5 heteroatoms. The predicted molar refractivity (Wildman–Crippen MR) is 78.2 cm³/mol. The molecule has 5 nitrogen and oxygen atoms in total. The van der Waals surface area contributed by atoms with E-state index in [-0.39, 0.29) is 5.91 Å². The number of carbonyl (C=O) groups excluding carboxylic acids is 1. The maximum Gasteiger partial charge on any atom is 0.251 e. The van der Waals surface area contributed by atoms with Gasteiger partial charge in [0.05, 0.1) is 26.5 Å². The number of amides is 1. The van der Waals surface area contributed by atoms with Gasteiger partial charge in [-0.25, -0.2) is 0 Å². The minimum absolute atomic E-state index is 0.160. The highest BCUT2D eigenvalue weighted by Gasteiger charge is 2.10. The fraction of sp³-hybridized carbons (Fsp3) is 0.312. The van der Waals surface area contributed by atoms with E-state index in [0.717, 1.165) is 5.56 Å². The average Bonchev–Trinajstić information content (AvgIpc) is 3.03. The van der Waals surface area contributed by atoms with Gasteiger partial charge in [0, 0.05) is 17.7 Å². The Hall–Kier alpha value is -2.27. The van der Waals surface area contributed by atoms with Crippen molar-refractivity contribution < 1.29 is 18.7 Å². The van der Waals surface area contributed by atoms with Crippen LogP contribution in [0.4, 0.5) is 0 Å². The molecular weight excluding hydrogens is 270 g/mol. The van der Waals surface area contributed by atoms with E-state index in [1.807, 2.05) is 13.0 Å². The Balaban J connectivity index is 2.05. The highest BCUT2D eigenvalue weighted by Crippen LogP contribution is 2.21. The molecule has 0 bridgehead atoms. The molecular formula is C16H19NO4. The minimum atomic E-state index is -0.160. The number of hydrogen-bond acceptors (Lipinski definition) is 4. The van der Waals surface area contributed by atoms with Crippen molar-refractivity contribution in [3.63, 3.8) is 0 Å². The van der Waals surface area contributed by atoms with E-state index >= 15 is 0 Å². The molecule has 0 aliphatic heterocycles. The lowest BCUT2D eigenvalue weighted by Gasteiger charge is -2.11. The Morgan fingerprint density at radius 2 is 2.19 bits per heavy atom. The van der Waals surface area contributed by atoms with Crippen LogP contribution in [0.3, 0.4) is 0 Å². The standard InChI is InChI=1S/C16H19NO4/c1-3-20-11-13-9-12(6-7-15(13)19-2)16(18)17-10-14-5-4-8-21-14/h4-9H,3,10-11H2,1-2H3,(H,17,18). The third-order valence-electron chi connectivity index (χ3n) is 3.01. The van der Waals surface area contributed by atoms with Gasteiger partial charge >= 0.3 is 0 Å². The Morgan fingerprint density at radius 3 is 2.86 bits per heavy atom. The Labute approximate surface area is 123 Å². The summed E-state index contributed by atoms with van der Waals surface area (Å²) in [4.78, 5) is 12.1. The molecule has 0 spiro atoms. The molecule has 2 aromatic rings. The lowest BCUT2D eigenvalue weighted by atomic mass is 10.1. The second kappa shape index (κ2) is 7.50. The fourth-order valence-corrected chi connectivity index (χ4v) is 1.93. The molecule has 0 saturated heterocycles. The second-order valence-electron chi connectivity index (χ2n) is 4.43. The van der Waals surface area contributed by atoms with Gasteiger partial charge in [0.25, 0.3) is 5.91 Å². The Morgan fingerprint density at radius 1 is 1.33 bits per heavy atom. The van der Waals surface area contributed by atoms with Gasteiger partial charge in [-0.3, -0.25) is 4.79 Å². The molecule has 1 aromatic heterocycles. The smallest absolute Gasteiger partial charge is 0.251 e. The summed E-state index contributed by atoms with van der Waals surface area (Å²) in [5.41, 5.74) is 1.42. The van der Waals surface area contributed by atoms with Crippen LogP contribution in [0, 0.1) is 0 Å². The summed E-state index contributed by atoms with van der Waals surface area (Å²) in [6, 6.07) is 8.89. The van der Waals surface area contributed by atoms with Crippen LogP contribution in [-0.4, -0.2) is 19.6 Å². The van der Waals surface area contributed by atoms with Crippen LogP contribution in [0.2, 0.25) is 0 Å². The van der Waals surface area contributed by atoms with Crippen molar-refractivity contribution in [1.29, 1.82) is 0 Å². The van der Waals surface area contributed by atoms with Gasteiger partial charge in [-0.15, -0.1) is 0 Å². The lowest BCUT2D eigenvalue weighted by molar-refractivity contribution is 0.0947. The quantitative estimate of drug-likeness (QED) is 0.851. The lowest BCUT2D eigenvalue weighted by Crippen LogP contribution is -2.22. The number of carbonyl (C=O) groups is 1. The SMILES string of the molecule is CCOCc1cc(C(=O)NCc2ccco2)ccc1OC. The van der Waals surface area contributed by atoms with Crippen molar-refractivity contribution in [2.24, 2.45) is 0 Å². The van der Waals surface area contributed by atoms with Gasteiger partial charge in [-0.2, -0.15) is 0 Å². The van der Waals surface area contributed by atoms with E-state index in [1.54, 1.807) is 37.6 Å². The molecule has 112 valence electrons. The maximum atomic E-state index is 12.1. The van der Waals surface area contributed by atoms with Gasteiger partial charge in [-0.05, 0) is 37.3 Å². The first-order chi connectivity index (χ1) is 10.2. The third-order valence-corrected chi connectivity index (χ3v) is 3.01. The topological polar surface area (TPSA) is 60.7 Å². The van der Waals surface area contributed by atoms with E-state index in [2.05, 4.69) is 5.32 Å². The molecule has 21 heavy (non-hydrogen) atoms. The number of nitrogens with one attached hydrogen (secondary N) is 1. The molecule has 0 aliphatic carbocycles. The number of rotatable bonds is 7. The van der Waals surface area contributed by atoms with Crippen molar-refractivity contribution in [2.75, 3.05) is 13.7 Å². The summed E-state index contributed by atoms with van der Waals surface area (Å²) in [7, 11) is 1.60. The van der Waals surface area contributed by atoms with E-state index in [9.17, 15) is 4.79 Å². The Bertz CT molecular complexity index is 578. The average molecular weight is 289 g/mol. The zero-order chi connectivity index (χ0) is 15.1. The van der Waals surface area contributed by atoms with Crippen molar-refractivity contribution in [1.82, 2.24) is 5.32 Å². The summed E-state index contributed by atoms with van der Waals surface area (Å²) < 4.78 is 15.8. The van der Waals surface area contributed by atoms with Gasteiger partial charge in [0.2, 0.25) is 0 Å². The number of hydrogen-bond donors (Lipinski definition) is 1. The number of methoxy groups -OCH3 is 1. The van der Waals surface area contributed by atoms with Crippen LogP contribution in [0.5, 0.6) is 5.75 Å². The highest BCUT2D eigenvalue weighted by atomic mass is 16.5. The zero-order valence-electron chi connectivity index (χ0n) is 12.2. The van der Waals surface area contributed by atoms with Crippen molar-refractivity contribution in [2.45, 2.75) is 20.1 Å². The molecule has 1 heterocycles. The number of furan rings is 1. The van der Waals surface area contributed by atoms with Crippen molar-refractivity contribution >= 4 is 5.91 Å². The van der Waals surface area contributed by atoms with E-state index < -0.39 is 0 Å². The Kier molecular flexibility index (Phi) is 5.40. The highest BCUT2D eigenvalue weighted by molar-refractivity contribution is 5.94. The summed E-state index contributed by atoms with van der Waals surface area (Å²) in [5, 5.41) is 2.81. The maximum absolute atomic E-state index is 12.1. The fourth-order valence-electron chi connectivity index (χ4n) is 1.93. The van der Waals surface area contributed by atoms with Crippen LogP contribution in [-0.2, 0) is 17.9 Å². The zero-order valence-corrected chi connectivity index (χ0v) is 12.2. The van der Waals surface area contributed by atoms with E-state index in [4.69, 9.17) is 13.9 Å². The summed E-state index contributed by atoms with van der Waals surface area (Å²) in [6.45, 7) is 3.31. The first kappa shape index (κ1) is 15.1. The van der Waals surface area contributed by atoms with Crippen LogP contribution in [0.15, 0.2) is 41.0 Å². The number of ether oxygens (including phenoxy) is 2. The van der Waals surface area contributed by atoms with Crippen LogP contribution < -0.4 is 10.1 Å². The minimum Gasteiger partial charge on any atom is -0.496 e. The largest absolute Gasteiger partial charge is 0.496 e. The first-order valence-electron chi connectivity index (χ1n) is 6.79. The summed E-state index contributed by atoms with van der Waals surface area (Å²) >= 11 is 0. The predicted octanol–water partition coefficient (Wildman–Crippen LogP) is 2.75. The molecule has 0 aliphatic rings. The van der Waals surface area contributed by atoms with Crippen LogP contribution >= 0.6 is 0 Å². The van der Waals surface area contributed by atoms with Gasteiger partial charge in [0.15, 0.2) is 0 Å².